The maximum absolute atomic E-state index is 5.48. The molecule has 6 heteroatoms. The Kier molecular flexibility index (Phi) is 3.00. The molecule has 0 fully saturated rings. The van der Waals surface area contributed by atoms with Crippen molar-refractivity contribution in [1.29, 1.82) is 0 Å². The SMILES string of the molecule is CCn1nc(C)cc1Cn1cc(CN)nn1. The lowest BCUT2D eigenvalue weighted by molar-refractivity contribution is 0.565. The molecule has 2 aromatic heterocycles. The highest BCUT2D eigenvalue weighted by molar-refractivity contribution is 5.09. The van der Waals surface area contributed by atoms with Crippen LogP contribution in [0.4, 0.5) is 0 Å². The Balaban J connectivity index is 2.19. The van der Waals surface area contributed by atoms with Crippen LogP contribution in [0.3, 0.4) is 0 Å². The van der Waals surface area contributed by atoms with Crippen LogP contribution in [0.25, 0.3) is 0 Å². The summed E-state index contributed by atoms with van der Waals surface area (Å²) in [6.45, 7) is 6.03. The second kappa shape index (κ2) is 4.44. The molecule has 0 aliphatic carbocycles. The van der Waals surface area contributed by atoms with Crippen molar-refractivity contribution in [2.45, 2.75) is 33.5 Å². The summed E-state index contributed by atoms with van der Waals surface area (Å²) >= 11 is 0. The van der Waals surface area contributed by atoms with Gasteiger partial charge in [0.2, 0.25) is 0 Å². The molecule has 0 radical (unpaired) electrons. The van der Waals surface area contributed by atoms with Gasteiger partial charge in [0.25, 0.3) is 0 Å². The smallest absolute Gasteiger partial charge is 0.0962 e. The summed E-state index contributed by atoms with van der Waals surface area (Å²) < 4.78 is 3.75. The average molecular weight is 220 g/mol. The summed E-state index contributed by atoms with van der Waals surface area (Å²) in [5.41, 5.74) is 8.45. The first-order valence-electron chi connectivity index (χ1n) is 5.35. The number of hydrogen-bond acceptors (Lipinski definition) is 4. The second-order valence-electron chi connectivity index (χ2n) is 3.70. The summed E-state index contributed by atoms with van der Waals surface area (Å²) in [7, 11) is 0. The van der Waals surface area contributed by atoms with Crippen LogP contribution in [-0.2, 0) is 19.6 Å². The minimum absolute atomic E-state index is 0.423. The second-order valence-corrected chi connectivity index (χ2v) is 3.70. The maximum atomic E-state index is 5.48. The van der Waals surface area contributed by atoms with E-state index in [0.717, 1.165) is 23.6 Å². The zero-order chi connectivity index (χ0) is 11.5. The molecular formula is C10H16N6. The maximum Gasteiger partial charge on any atom is 0.0962 e. The molecular weight excluding hydrogens is 204 g/mol. The topological polar surface area (TPSA) is 74.5 Å². The number of hydrogen-bond donors (Lipinski definition) is 1. The standard InChI is InChI=1S/C10H16N6/c1-3-16-10(4-8(2)13-16)7-15-6-9(5-11)12-14-15/h4,6H,3,5,7,11H2,1-2H3. The van der Waals surface area contributed by atoms with Crippen molar-refractivity contribution >= 4 is 0 Å². The van der Waals surface area contributed by atoms with Crippen LogP contribution < -0.4 is 5.73 Å². The molecule has 0 bridgehead atoms. The predicted octanol–water partition coefficient (Wildman–Crippen LogP) is 0.310. The van der Waals surface area contributed by atoms with Crippen LogP contribution in [0.2, 0.25) is 0 Å². The van der Waals surface area contributed by atoms with Crippen LogP contribution in [0.1, 0.15) is 24.0 Å². The number of aromatic nitrogens is 5. The Bertz CT molecular complexity index is 469. The van der Waals surface area contributed by atoms with Crippen LogP contribution in [0.15, 0.2) is 12.3 Å². The monoisotopic (exact) mass is 220 g/mol. The summed E-state index contributed by atoms with van der Waals surface area (Å²) in [6, 6.07) is 2.06. The molecule has 0 amide bonds. The van der Waals surface area contributed by atoms with Crippen molar-refractivity contribution in [2.24, 2.45) is 5.73 Å². The largest absolute Gasteiger partial charge is 0.325 e. The van der Waals surface area contributed by atoms with Crippen molar-refractivity contribution in [3.8, 4) is 0 Å². The van der Waals surface area contributed by atoms with Gasteiger partial charge in [0.1, 0.15) is 0 Å². The molecule has 2 rings (SSSR count). The molecule has 16 heavy (non-hydrogen) atoms. The third kappa shape index (κ3) is 2.11. The molecule has 0 saturated carbocycles. The Hall–Kier alpha value is -1.69. The zero-order valence-corrected chi connectivity index (χ0v) is 9.59. The van der Waals surface area contributed by atoms with Crippen molar-refractivity contribution in [3.05, 3.63) is 29.3 Å². The van der Waals surface area contributed by atoms with E-state index in [4.69, 9.17) is 5.73 Å². The van der Waals surface area contributed by atoms with Crippen LogP contribution >= 0.6 is 0 Å². The number of rotatable bonds is 4. The van der Waals surface area contributed by atoms with E-state index in [1.165, 1.54) is 0 Å². The molecule has 0 saturated heterocycles. The van der Waals surface area contributed by atoms with Crippen molar-refractivity contribution in [2.75, 3.05) is 0 Å². The fraction of sp³-hybridized carbons (Fsp3) is 0.500. The molecule has 0 unspecified atom stereocenters. The van der Waals surface area contributed by atoms with Crippen LogP contribution in [-0.4, -0.2) is 24.8 Å². The van der Waals surface area contributed by atoms with E-state index < -0.39 is 0 Å². The summed E-state index contributed by atoms with van der Waals surface area (Å²) in [4.78, 5) is 0. The quantitative estimate of drug-likeness (QED) is 0.804. The normalized spacial score (nSPS) is 10.9. The molecule has 86 valence electrons. The van der Waals surface area contributed by atoms with E-state index in [1.54, 1.807) is 4.68 Å². The first-order valence-corrected chi connectivity index (χ1v) is 5.35. The van der Waals surface area contributed by atoms with Crippen molar-refractivity contribution < 1.29 is 0 Å². The molecule has 2 N–H and O–H groups in total. The van der Waals surface area contributed by atoms with Crippen molar-refractivity contribution in [1.82, 2.24) is 24.8 Å². The lowest BCUT2D eigenvalue weighted by atomic mass is 10.3. The molecule has 0 aliphatic rings. The van der Waals surface area contributed by atoms with E-state index >= 15 is 0 Å². The van der Waals surface area contributed by atoms with Gasteiger partial charge in [-0.05, 0) is 19.9 Å². The van der Waals surface area contributed by atoms with Gasteiger partial charge in [-0.2, -0.15) is 5.10 Å². The van der Waals surface area contributed by atoms with Gasteiger partial charge in [-0.15, -0.1) is 5.10 Å². The Morgan fingerprint density at radius 1 is 1.44 bits per heavy atom. The van der Waals surface area contributed by atoms with Gasteiger partial charge in [0.05, 0.1) is 29.8 Å². The third-order valence-corrected chi connectivity index (χ3v) is 2.40. The summed E-state index contributed by atoms with van der Waals surface area (Å²) in [5, 5.41) is 12.3. The zero-order valence-electron chi connectivity index (χ0n) is 9.59. The lowest BCUT2D eigenvalue weighted by Crippen LogP contribution is -2.08. The highest BCUT2D eigenvalue weighted by Crippen LogP contribution is 2.05. The van der Waals surface area contributed by atoms with E-state index in [9.17, 15) is 0 Å². The Morgan fingerprint density at radius 3 is 2.88 bits per heavy atom. The van der Waals surface area contributed by atoms with Gasteiger partial charge < -0.3 is 5.73 Å². The molecule has 2 aromatic rings. The number of nitrogens with two attached hydrogens (primary N) is 1. The molecule has 0 aliphatic heterocycles. The molecule has 6 nitrogen and oxygen atoms in total. The molecule has 0 spiro atoms. The first kappa shape index (κ1) is 10.8. The van der Waals surface area contributed by atoms with Gasteiger partial charge in [-0.3, -0.25) is 4.68 Å². The van der Waals surface area contributed by atoms with Crippen LogP contribution in [0, 0.1) is 6.92 Å². The van der Waals surface area contributed by atoms with Gasteiger partial charge >= 0.3 is 0 Å². The lowest BCUT2D eigenvalue weighted by Gasteiger charge is -2.03. The van der Waals surface area contributed by atoms with Crippen molar-refractivity contribution in [3.63, 3.8) is 0 Å². The average Bonchev–Trinajstić information content (AvgIpc) is 2.85. The summed E-state index contributed by atoms with van der Waals surface area (Å²) in [6.07, 6.45) is 1.86. The molecule has 2 heterocycles. The first-order chi connectivity index (χ1) is 7.72. The predicted molar refractivity (Wildman–Crippen MR) is 59.7 cm³/mol. The minimum Gasteiger partial charge on any atom is -0.325 e. The van der Waals surface area contributed by atoms with E-state index in [-0.39, 0.29) is 0 Å². The third-order valence-electron chi connectivity index (χ3n) is 2.40. The van der Waals surface area contributed by atoms with Crippen LogP contribution in [0.5, 0.6) is 0 Å². The fourth-order valence-corrected chi connectivity index (χ4v) is 1.68. The number of aryl methyl sites for hydroxylation is 2. The molecule has 0 aromatic carbocycles. The van der Waals surface area contributed by atoms with Gasteiger partial charge in [-0.1, -0.05) is 5.21 Å². The summed E-state index contributed by atoms with van der Waals surface area (Å²) in [5.74, 6) is 0. The van der Waals surface area contributed by atoms with E-state index in [2.05, 4.69) is 28.4 Å². The highest BCUT2D eigenvalue weighted by Gasteiger charge is 2.06. The Labute approximate surface area is 94.1 Å². The van der Waals surface area contributed by atoms with Gasteiger partial charge in [0.15, 0.2) is 0 Å². The highest BCUT2D eigenvalue weighted by atomic mass is 15.4. The fourth-order valence-electron chi connectivity index (χ4n) is 1.68. The molecule has 0 atom stereocenters. The van der Waals surface area contributed by atoms with Gasteiger partial charge in [0, 0.05) is 13.1 Å². The van der Waals surface area contributed by atoms with E-state index in [0.29, 0.717) is 13.1 Å². The Morgan fingerprint density at radius 2 is 2.25 bits per heavy atom. The minimum atomic E-state index is 0.423. The van der Waals surface area contributed by atoms with E-state index in [1.807, 2.05) is 17.8 Å². The number of nitrogens with zero attached hydrogens (tertiary/aromatic N) is 5. The van der Waals surface area contributed by atoms with Gasteiger partial charge in [-0.25, -0.2) is 4.68 Å².